The van der Waals surface area contributed by atoms with Gasteiger partial charge in [0.05, 0.1) is 27.9 Å². The Morgan fingerprint density at radius 2 is 1.18 bits per heavy atom. The van der Waals surface area contributed by atoms with Crippen LogP contribution in [0, 0.1) is 6.92 Å². The van der Waals surface area contributed by atoms with Crippen molar-refractivity contribution in [1.82, 2.24) is 15.0 Å². The minimum Gasteiger partial charge on any atom is -0.254 e. The smallest absolute Gasteiger partial charge is 0.0972 e. The highest BCUT2D eigenvalue weighted by Crippen LogP contribution is 2.40. The van der Waals surface area contributed by atoms with Gasteiger partial charge in [0.15, 0.2) is 0 Å². The Hall–Kier alpha value is -5.15. The maximum absolute atomic E-state index is 5.34. The first-order valence-corrected chi connectivity index (χ1v) is 13.2. The Morgan fingerprint density at radius 3 is 2.10 bits per heavy atom. The average molecular weight is 498 g/mol. The lowest BCUT2D eigenvalue weighted by atomic mass is 9.92. The van der Waals surface area contributed by atoms with Gasteiger partial charge in [-0.3, -0.25) is 4.98 Å². The van der Waals surface area contributed by atoms with Crippen LogP contribution < -0.4 is 0 Å². The van der Waals surface area contributed by atoms with Gasteiger partial charge in [-0.25, -0.2) is 9.97 Å². The summed E-state index contributed by atoms with van der Waals surface area (Å²) in [6.07, 6.45) is 1.84. The second-order valence-corrected chi connectivity index (χ2v) is 10.1. The molecular weight excluding hydrogens is 474 g/mol. The summed E-state index contributed by atoms with van der Waals surface area (Å²) in [5, 5.41) is 8.22. The molecule has 0 saturated heterocycles. The first kappa shape index (κ1) is 21.9. The van der Waals surface area contributed by atoms with E-state index in [1.54, 1.807) is 0 Å². The maximum Gasteiger partial charge on any atom is 0.0972 e. The van der Waals surface area contributed by atoms with E-state index in [0.29, 0.717) is 0 Å². The first-order valence-electron chi connectivity index (χ1n) is 13.2. The molecule has 8 aromatic rings. The minimum absolute atomic E-state index is 0.914. The highest BCUT2D eigenvalue weighted by Gasteiger charge is 2.18. The van der Waals surface area contributed by atoms with Crippen molar-refractivity contribution in [3.63, 3.8) is 0 Å². The Labute approximate surface area is 225 Å². The number of benzene rings is 5. The Morgan fingerprint density at radius 1 is 0.462 bits per heavy atom. The molecule has 0 spiro atoms. The summed E-state index contributed by atoms with van der Waals surface area (Å²) in [6.45, 7) is 2.14. The van der Waals surface area contributed by atoms with E-state index in [-0.39, 0.29) is 0 Å². The molecule has 0 aliphatic carbocycles. The van der Waals surface area contributed by atoms with Crippen LogP contribution in [-0.4, -0.2) is 15.0 Å². The summed E-state index contributed by atoms with van der Waals surface area (Å²) < 4.78 is 0. The van der Waals surface area contributed by atoms with Gasteiger partial charge in [0.2, 0.25) is 0 Å². The van der Waals surface area contributed by atoms with Crippen LogP contribution >= 0.6 is 0 Å². The Bertz CT molecular complexity index is 2250. The fourth-order valence-electron chi connectivity index (χ4n) is 5.93. The van der Waals surface area contributed by atoms with Crippen LogP contribution in [0.1, 0.15) is 5.56 Å². The summed E-state index contributed by atoms with van der Waals surface area (Å²) in [4.78, 5) is 15.2. The second kappa shape index (κ2) is 8.44. The first-order chi connectivity index (χ1) is 19.3. The van der Waals surface area contributed by atoms with Gasteiger partial charge in [-0.15, -0.1) is 0 Å². The number of aryl methyl sites for hydroxylation is 1. The molecule has 3 aromatic heterocycles. The van der Waals surface area contributed by atoms with Gasteiger partial charge < -0.3 is 0 Å². The van der Waals surface area contributed by atoms with Crippen LogP contribution in [0.25, 0.3) is 76.8 Å². The van der Waals surface area contributed by atoms with Crippen molar-refractivity contribution in [3.8, 4) is 22.5 Å². The molecule has 0 fully saturated rings. The number of fused-ring (bicyclic) bond motifs is 8. The maximum atomic E-state index is 5.34. The molecule has 3 heterocycles. The molecule has 3 heteroatoms. The van der Waals surface area contributed by atoms with Gasteiger partial charge in [-0.1, -0.05) is 103 Å². The number of pyridine rings is 3. The van der Waals surface area contributed by atoms with Crippen LogP contribution in [0.2, 0.25) is 0 Å². The van der Waals surface area contributed by atoms with Gasteiger partial charge in [-0.2, -0.15) is 0 Å². The SMILES string of the molecule is Cc1cccc2c1nc(-c1ccccc1-c1ccc3ccc4cccnc4c3n1)c1ccc3ccccc3c12. The third-order valence-electron chi connectivity index (χ3n) is 7.81. The van der Waals surface area contributed by atoms with Crippen molar-refractivity contribution < 1.29 is 0 Å². The summed E-state index contributed by atoms with van der Waals surface area (Å²) in [6, 6.07) is 40.6. The molecule has 182 valence electrons. The summed E-state index contributed by atoms with van der Waals surface area (Å²) >= 11 is 0. The number of aromatic nitrogens is 3. The van der Waals surface area contributed by atoms with Crippen molar-refractivity contribution in [2.75, 3.05) is 0 Å². The van der Waals surface area contributed by atoms with E-state index in [1.807, 2.05) is 12.3 Å². The zero-order chi connectivity index (χ0) is 25.9. The monoisotopic (exact) mass is 497 g/mol. The fraction of sp³-hybridized carbons (Fsp3) is 0.0278. The quantitative estimate of drug-likeness (QED) is 0.223. The summed E-state index contributed by atoms with van der Waals surface area (Å²) in [5.74, 6) is 0. The summed E-state index contributed by atoms with van der Waals surface area (Å²) in [7, 11) is 0. The second-order valence-electron chi connectivity index (χ2n) is 10.1. The lowest BCUT2D eigenvalue weighted by molar-refractivity contribution is 1.35. The van der Waals surface area contributed by atoms with Gasteiger partial charge in [0, 0.05) is 44.3 Å². The van der Waals surface area contributed by atoms with Gasteiger partial charge in [0.1, 0.15) is 0 Å². The molecule has 0 saturated carbocycles. The number of hydrogen-bond acceptors (Lipinski definition) is 3. The molecule has 8 rings (SSSR count). The van der Waals surface area contributed by atoms with Gasteiger partial charge in [-0.05, 0) is 35.4 Å². The van der Waals surface area contributed by atoms with Crippen LogP contribution in [0.3, 0.4) is 0 Å². The highest BCUT2D eigenvalue weighted by atomic mass is 14.8. The fourth-order valence-corrected chi connectivity index (χ4v) is 5.93. The largest absolute Gasteiger partial charge is 0.254 e. The predicted octanol–water partition coefficient (Wildman–Crippen LogP) is 9.28. The van der Waals surface area contributed by atoms with Crippen LogP contribution in [0.5, 0.6) is 0 Å². The molecule has 0 atom stereocenters. The van der Waals surface area contributed by atoms with E-state index >= 15 is 0 Å². The lowest BCUT2D eigenvalue weighted by Gasteiger charge is -2.16. The zero-order valence-electron chi connectivity index (χ0n) is 21.4. The number of hydrogen-bond donors (Lipinski definition) is 0. The number of para-hydroxylation sites is 1. The van der Waals surface area contributed by atoms with Crippen molar-refractivity contribution in [1.29, 1.82) is 0 Å². The molecule has 5 aromatic carbocycles. The Kier molecular flexibility index (Phi) is 4.74. The van der Waals surface area contributed by atoms with Crippen molar-refractivity contribution >= 4 is 54.3 Å². The van der Waals surface area contributed by atoms with Crippen molar-refractivity contribution in [2.45, 2.75) is 6.92 Å². The van der Waals surface area contributed by atoms with E-state index in [2.05, 4.69) is 121 Å². The zero-order valence-corrected chi connectivity index (χ0v) is 21.4. The molecule has 0 N–H and O–H groups in total. The van der Waals surface area contributed by atoms with E-state index in [0.717, 1.165) is 55.2 Å². The minimum atomic E-state index is 0.914. The number of nitrogens with zero attached hydrogens (tertiary/aromatic N) is 3. The van der Waals surface area contributed by atoms with Crippen LogP contribution in [0.15, 0.2) is 121 Å². The highest BCUT2D eigenvalue weighted by molar-refractivity contribution is 6.23. The van der Waals surface area contributed by atoms with E-state index in [4.69, 9.17) is 9.97 Å². The third-order valence-corrected chi connectivity index (χ3v) is 7.81. The van der Waals surface area contributed by atoms with Gasteiger partial charge in [0.25, 0.3) is 0 Å². The predicted molar refractivity (Wildman–Crippen MR) is 163 cm³/mol. The lowest BCUT2D eigenvalue weighted by Crippen LogP contribution is -1.95. The Balaban J connectivity index is 1.47. The standard InChI is InChI=1S/C36H23N3/c1-22-8-6-14-29-32-26-11-3-2-9-23(26)17-19-30(32)36(39-33(22)29)28-13-5-4-12-27(28)31-20-18-25-16-15-24-10-7-21-37-34(24)35(25)38-31/h2-21H,1H3. The van der Waals surface area contributed by atoms with Crippen LogP contribution in [0.4, 0.5) is 0 Å². The van der Waals surface area contributed by atoms with Crippen molar-refractivity contribution in [3.05, 3.63) is 127 Å². The molecule has 0 bridgehead atoms. The van der Waals surface area contributed by atoms with Crippen LogP contribution in [-0.2, 0) is 0 Å². The molecular formula is C36H23N3. The molecule has 3 nitrogen and oxygen atoms in total. The van der Waals surface area contributed by atoms with E-state index in [1.165, 1.54) is 27.1 Å². The average Bonchev–Trinajstić information content (AvgIpc) is 3.00. The molecule has 0 aliphatic rings. The molecule has 0 radical (unpaired) electrons. The van der Waals surface area contributed by atoms with E-state index < -0.39 is 0 Å². The molecule has 39 heavy (non-hydrogen) atoms. The molecule has 0 aliphatic heterocycles. The van der Waals surface area contributed by atoms with Gasteiger partial charge >= 0.3 is 0 Å². The normalized spacial score (nSPS) is 11.7. The van der Waals surface area contributed by atoms with Crippen molar-refractivity contribution in [2.24, 2.45) is 0 Å². The third kappa shape index (κ3) is 3.33. The number of rotatable bonds is 2. The summed E-state index contributed by atoms with van der Waals surface area (Å²) in [5.41, 5.74) is 8.06. The topological polar surface area (TPSA) is 38.7 Å². The molecule has 0 unspecified atom stereocenters. The molecule has 0 amide bonds. The van der Waals surface area contributed by atoms with E-state index in [9.17, 15) is 0 Å².